The molecule has 36 heavy (non-hydrogen) atoms. The number of esters is 1. The first-order valence-corrected chi connectivity index (χ1v) is 12.0. The maximum absolute atomic E-state index is 12.2. The molecule has 0 bridgehead atoms. The molecule has 1 N–H and O–H groups in total. The molecule has 0 fully saturated rings. The topological polar surface area (TPSA) is 116 Å². The third-order valence-electron chi connectivity index (χ3n) is 6.19. The predicted octanol–water partition coefficient (Wildman–Crippen LogP) is 4.19. The SMILES string of the molecule is CCOC(=O)C[C@@H]1Cc2ccc(OCCCN=c3cc([N+](=O)[O-])ccn3O)cc2Cc2ccccc21. The minimum atomic E-state index is -0.530. The van der Waals surface area contributed by atoms with Crippen molar-refractivity contribution < 1.29 is 24.4 Å². The molecular weight excluding hydrogens is 462 g/mol. The molecule has 1 atom stereocenters. The number of hydrogen-bond donors (Lipinski definition) is 1. The number of rotatable bonds is 9. The number of aromatic nitrogens is 1. The third-order valence-corrected chi connectivity index (χ3v) is 6.19. The molecule has 0 spiro atoms. The maximum atomic E-state index is 12.2. The lowest BCUT2D eigenvalue weighted by molar-refractivity contribution is -0.385. The molecule has 0 aliphatic heterocycles. The molecule has 188 valence electrons. The quantitative estimate of drug-likeness (QED) is 0.158. The van der Waals surface area contributed by atoms with E-state index in [2.05, 4.69) is 29.3 Å². The van der Waals surface area contributed by atoms with E-state index in [1.807, 2.05) is 25.1 Å². The highest BCUT2D eigenvalue weighted by Crippen LogP contribution is 2.35. The molecule has 0 unspecified atom stereocenters. The van der Waals surface area contributed by atoms with Gasteiger partial charge in [0.2, 0.25) is 0 Å². The Kier molecular flexibility index (Phi) is 7.99. The number of pyridine rings is 1. The van der Waals surface area contributed by atoms with Crippen LogP contribution in [0.3, 0.4) is 0 Å². The summed E-state index contributed by atoms with van der Waals surface area (Å²) in [6, 6.07) is 16.7. The molecule has 1 aliphatic rings. The van der Waals surface area contributed by atoms with Gasteiger partial charge >= 0.3 is 5.97 Å². The summed E-state index contributed by atoms with van der Waals surface area (Å²) in [5.74, 6) is 0.642. The average molecular weight is 492 g/mol. The summed E-state index contributed by atoms with van der Waals surface area (Å²) in [6.07, 6.45) is 3.64. The van der Waals surface area contributed by atoms with Crippen molar-refractivity contribution in [2.75, 3.05) is 19.8 Å². The van der Waals surface area contributed by atoms with Crippen LogP contribution >= 0.6 is 0 Å². The van der Waals surface area contributed by atoms with E-state index in [4.69, 9.17) is 9.47 Å². The summed E-state index contributed by atoms with van der Waals surface area (Å²) in [5.41, 5.74) is 4.75. The molecular formula is C27H29N3O6. The van der Waals surface area contributed by atoms with Crippen LogP contribution in [0.1, 0.15) is 47.9 Å². The molecule has 0 amide bonds. The Hall–Kier alpha value is -4.14. The van der Waals surface area contributed by atoms with Crippen molar-refractivity contribution in [1.29, 1.82) is 0 Å². The highest BCUT2D eigenvalue weighted by molar-refractivity contribution is 5.71. The minimum absolute atomic E-state index is 0.0676. The van der Waals surface area contributed by atoms with Gasteiger partial charge in [0.1, 0.15) is 5.75 Å². The molecule has 1 aromatic heterocycles. The number of nitrogens with zero attached hydrogens (tertiary/aromatic N) is 3. The first kappa shape index (κ1) is 25.0. The van der Waals surface area contributed by atoms with E-state index in [0.717, 1.165) is 23.3 Å². The predicted molar refractivity (Wildman–Crippen MR) is 132 cm³/mol. The van der Waals surface area contributed by atoms with Crippen LogP contribution < -0.4 is 10.2 Å². The van der Waals surface area contributed by atoms with Crippen LogP contribution in [0.2, 0.25) is 0 Å². The van der Waals surface area contributed by atoms with Gasteiger partial charge in [-0.1, -0.05) is 30.3 Å². The number of ether oxygens (including phenoxy) is 2. The highest BCUT2D eigenvalue weighted by atomic mass is 16.6. The van der Waals surface area contributed by atoms with Crippen LogP contribution in [-0.2, 0) is 22.4 Å². The second kappa shape index (κ2) is 11.5. The number of carbonyl (C=O) groups is 1. The second-order valence-electron chi connectivity index (χ2n) is 8.64. The molecule has 9 nitrogen and oxygen atoms in total. The second-order valence-corrected chi connectivity index (χ2v) is 8.64. The van der Waals surface area contributed by atoms with E-state index >= 15 is 0 Å². The van der Waals surface area contributed by atoms with E-state index in [0.29, 0.717) is 32.6 Å². The van der Waals surface area contributed by atoms with Gasteiger partial charge in [-0.15, -0.1) is 0 Å². The van der Waals surface area contributed by atoms with E-state index in [1.54, 1.807) is 0 Å². The van der Waals surface area contributed by atoms with Crippen LogP contribution in [0.5, 0.6) is 5.75 Å². The number of nitro groups is 1. The molecule has 4 rings (SSSR count). The number of fused-ring (bicyclic) bond motifs is 2. The fraction of sp³-hybridized carbons (Fsp3) is 0.333. The van der Waals surface area contributed by atoms with Crippen molar-refractivity contribution in [1.82, 2.24) is 4.73 Å². The molecule has 0 saturated heterocycles. The van der Waals surface area contributed by atoms with Crippen LogP contribution in [0.25, 0.3) is 0 Å². The van der Waals surface area contributed by atoms with E-state index in [9.17, 15) is 20.1 Å². The van der Waals surface area contributed by atoms with Crippen molar-refractivity contribution in [2.45, 2.75) is 38.5 Å². The zero-order valence-electron chi connectivity index (χ0n) is 20.1. The van der Waals surface area contributed by atoms with Crippen molar-refractivity contribution in [2.24, 2.45) is 4.99 Å². The molecule has 0 radical (unpaired) electrons. The standard InChI is InChI=1S/C27H29N3O6/c1-2-35-27(31)17-22-14-19-8-9-24(16-21(19)15-20-6-3-4-7-25(20)22)36-13-5-11-28-26-18-23(30(33)34)10-12-29(26)32/h3-4,6-10,12,16,18,22,32H,2,5,11,13-15,17H2,1H3/t22-/m0/s1. The zero-order chi connectivity index (χ0) is 25.5. The summed E-state index contributed by atoms with van der Waals surface area (Å²) in [6.45, 7) is 2.95. The van der Waals surface area contributed by atoms with Crippen molar-refractivity contribution in [3.63, 3.8) is 0 Å². The van der Waals surface area contributed by atoms with Gasteiger partial charge in [0, 0.05) is 19.0 Å². The van der Waals surface area contributed by atoms with Gasteiger partial charge in [-0.25, -0.2) is 0 Å². The summed E-state index contributed by atoms with van der Waals surface area (Å²) in [4.78, 5) is 26.8. The third kappa shape index (κ3) is 6.10. The molecule has 1 aliphatic carbocycles. The summed E-state index contributed by atoms with van der Waals surface area (Å²) in [5, 5.41) is 20.7. The summed E-state index contributed by atoms with van der Waals surface area (Å²) < 4.78 is 11.9. The zero-order valence-corrected chi connectivity index (χ0v) is 20.1. The Balaban J connectivity index is 1.41. The maximum Gasteiger partial charge on any atom is 0.306 e. The lowest BCUT2D eigenvalue weighted by Gasteiger charge is -2.17. The minimum Gasteiger partial charge on any atom is -0.494 e. The normalized spacial score (nSPS) is 14.9. The summed E-state index contributed by atoms with van der Waals surface area (Å²) in [7, 11) is 0. The van der Waals surface area contributed by atoms with Crippen LogP contribution in [-0.4, -0.2) is 40.6 Å². The number of hydrogen-bond acceptors (Lipinski definition) is 7. The summed E-state index contributed by atoms with van der Waals surface area (Å²) >= 11 is 0. The molecule has 9 heteroatoms. The van der Waals surface area contributed by atoms with E-state index in [1.165, 1.54) is 40.6 Å². The molecule has 0 saturated carbocycles. The Morgan fingerprint density at radius 3 is 2.81 bits per heavy atom. The monoisotopic (exact) mass is 491 g/mol. The number of carbonyl (C=O) groups excluding carboxylic acids is 1. The lowest BCUT2D eigenvalue weighted by atomic mass is 9.89. The van der Waals surface area contributed by atoms with Gasteiger partial charge in [-0.3, -0.25) is 19.9 Å². The van der Waals surface area contributed by atoms with Crippen LogP contribution in [0, 0.1) is 10.1 Å². The first-order chi connectivity index (χ1) is 17.4. The van der Waals surface area contributed by atoms with Crippen LogP contribution in [0.4, 0.5) is 5.69 Å². The van der Waals surface area contributed by atoms with Gasteiger partial charge < -0.3 is 14.7 Å². The highest BCUT2D eigenvalue weighted by Gasteiger charge is 2.25. The largest absolute Gasteiger partial charge is 0.494 e. The van der Waals surface area contributed by atoms with Gasteiger partial charge in [0.15, 0.2) is 5.49 Å². The fourth-order valence-corrected chi connectivity index (χ4v) is 4.48. The van der Waals surface area contributed by atoms with Crippen molar-refractivity contribution in [3.05, 3.63) is 98.6 Å². The van der Waals surface area contributed by atoms with E-state index in [-0.39, 0.29) is 23.1 Å². The molecule has 3 aromatic rings. The Morgan fingerprint density at radius 2 is 2.00 bits per heavy atom. The van der Waals surface area contributed by atoms with Crippen molar-refractivity contribution in [3.8, 4) is 5.75 Å². The van der Waals surface area contributed by atoms with Crippen LogP contribution in [0.15, 0.2) is 65.8 Å². The average Bonchev–Trinajstić information content (AvgIpc) is 3.01. The molecule has 2 aromatic carbocycles. The first-order valence-electron chi connectivity index (χ1n) is 12.0. The van der Waals surface area contributed by atoms with Gasteiger partial charge in [-0.05, 0) is 60.1 Å². The smallest absolute Gasteiger partial charge is 0.306 e. The Bertz CT molecular complexity index is 1320. The van der Waals surface area contributed by atoms with Gasteiger partial charge in [0.05, 0.1) is 36.8 Å². The number of benzene rings is 2. The fourth-order valence-electron chi connectivity index (χ4n) is 4.48. The molecule has 1 heterocycles. The van der Waals surface area contributed by atoms with Gasteiger partial charge in [0.25, 0.3) is 5.69 Å². The van der Waals surface area contributed by atoms with Gasteiger partial charge in [-0.2, -0.15) is 4.73 Å². The van der Waals surface area contributed by atoms with Crippen molar-refractivity contribution >= 4 is 11.7 Å². The van der Waals surface area contributed by atoms with E-state index < -0.39 is 4.92 Å². The Labute approximate surface area is 208 Å². The Morgan fingerprint density at radius 1 is 1.17 bits per heavy atom. The lowest BCUT2D eigenvalue weighted by Crippen LogP contribution is -2.19.